The number of nitrogens with two attached hydrogens (primary N) is 2. The maximum absolute atomic E-state index is 11.4. The van der Waals surface area contributed by atoms with Crippen molar-refractivity contribution in [1.29, 1.82) is 0 Å². The first-order valence-corrected chi connectivity index (χ1v) is 8.32. The molecule has 3 aromatic rings. The van der Waals surface area contributed by atoms with Crippen LogP contribution in [-0.4, -0.2) is 40.7 Å². The summed E-state index contributed by atoms with van der Waals surface area (Å²) in [5, 5.41) is 20.7. The predicted molar refractivity (Wildman–Crippen MR) is 109 cm³/mol. The van der Waals surface area contributed by atoms with Crippen molar-refractivity contribution in [2.75, 3.05) is 14.2 Å². The van der Waals surface area contributed by atoms with Gasteiger partial charge in [0.05, 0.1) is 36.6 Å². The molecule has 2 heterocycles. The number of aromatic nitrogens is 2. The van der Waals surface area contributed by atoms with Gasteiger partial charge in [0.15, 0.2) is 4.96 Å². The van der Waals surface area contributed by atoms with E-state index in [4.69, 9.17) is 20.9 Å². The molecule has 2 aromatic heterocycles. The van der Waals surface area contributed by atoms with Gasteiger partial charge in [0.2, 0.25) is 11.7 Å². The largest absolute Gasteiger partial charge is 0.496 e. The van der Waals surface area contributed by atoms with Gasteiger partial charge < -0.3 is 20.9 Å². The topological polar surface area (TPSA) is 156 Å². The molecule has 0 unspecified atom stereocenters. The molecular weight excluding hydrogens is 410 g/mol. The molecule has 0 saturated heterocycles. The van der Waals surface area contributed by atoms with E-state index in [2.05, 4.69) is 15.2 Å². The number of hydrogen-bond acceptors (Lipinski definition) is 8. The molecular formula is C15H16ClN7O4S. The zero-order valence-electron chi connectivity index (χ0n) is 14.7. The highest BCUT2D eigenvalue weighted by Crippen LogP contribution is 2.40. The number of nitro benzene ring substituents is 1. The van der Waals surface area contributed by atoms with Gasteiger partial charge in [-0.1, -0.05) is 0 Å². The molecule has 0 fully saturated rings. The van der Waals surface area contributed by atoms with Gasteiger partial charge in [-0.15, -0.1) is 28.8 Å². The van der Waals surface area contributed by atoms with E-state index in [0.29, 0.717) is 27.7 Å². The lowest BCUT2D eigenvalue weighted by molar-refractivity contribution is -0.385. The van der Waals surface area contributed by atoms with Crippen LogP contribution in [0.2, 0.25) is 0 Å². The second kappa shape index (κ2) is 8.54. The summed E-state index contributed by atoms with van der Waals surface area (Å²) < 4.78 is 12.2. The molecule has 0 spiro atoms. The van der Waals surface area contributed by atoms with Crippen molar-refractivity contribution in [2.45, 2.75) is 0 Å². The molecule has 0 radical (unpaired) electrons. The van der Waals surface area contributed by atoms with Crippen LogP contribution in [0.5, 0.6) is 11.5 Å². The number of nitro groups is 1. The molecule has 0 bridgehead atoms. The molecule has 13 heteroatoms. The summed E-state index contributed by atoms with van der Waals surface area (Å²) in [7, 11) is 2.80. The Morgan fingerprint density at radius 1 is 1.32 bits per heavy atom. The van der Waals surface area contributed by atoms with Gasteiger partial charge in [0.1, 0.15) is 11.4 Å². The molecule has 0 saturated carbocycles. The fourth-order valence-corrected chi connectivity index (χ4v) is 3.21. The van der Waals surface area contributed by atoms with E-state index in [1.807, 2.05) is 5.38 Å². The molecule has 1 aromatic carbocycles. The number of halogens is 1. The van der Waals surface area contributed by atoms with Crippen molar-refractivity contribution in [1.82, 2.24) is 9.38 Å². The summed E-state index contributed by atoms with van der Waals surface area (Å²) in [6.45, 7) is 0. The number of hydrogen-bond donors (Lipinski definition) is 2. The normalized spacial score (nSPS) is 10.6. The number of thiazole rings is 1. The first-order chi connectivity index (χ1) is 13.0. The maximum atomic E-state index is 11.4. The number of rotatable bonds is 6. The van der Waals surface area contributed by atoms with Crippen molar-refractivity contribution < 1.29 is 14.4 Å². The Morgan fingerprint density at radius 3 is 2.64 bits per heavy atom. The molecule has 0 aliphatic heterocycles. The summed E-state index contributed by atoms with van der Waals surface area (Å²) in [5.41, 5.74) is 11.7. The third-order valence-electron chi connectivity index (χ3n) is 3.61. The van der Waals surface area contributed by atoms with E-state index >= 15 is 0 Å². The Bertz CT molecular complexity index is 1070. The fourth-order valence-electron chi connectivity index (χ4n) is 2.48. The maximum Gasteiger partial charge on any atom is 0.311 e. The van der Waals surface area contributed by atoms with Gasteiger partial charge in [-0.25, -0.2) is 4.98 Å². The molecule has 0 atom stereocenters. The molecule has 11 nitrogen and oxygen atoms in total. The smallest absolute Gasteiger partial charge is 0.311 e. The molecule has 28 heavy (non-hydrogen) atoms. The Hall–Kier alpha value is -3.38. The Labute approximate surface area is 168 Å². The van der Waals surface area contributed by atoms with Crippen LogP contribution < -0.4 is 20.9 Å². The van der Waals surface area contributed by atoms with E-state index in [1.54, 1.807) is 10.6 Å². The van der Waals surface area contributed by atoms with Crippen LogP contribution in [0, 0.1) is 10.1 Å². The third-order valence-corrected chi connectivity index (χ3v) is 4.36. The average Bonchev–Trinajstić information content (AvgIpc) is 3.22. The minimum atomic E-state index is -0.534. The van der Waals surface area contributed by atoms with Gasteiger partial charge in [-0.3, -0.25) is 14.5 Å². The van der Waals surface area contributed by atoms with Crippen LogP contribution in [-0.2, 0) is 0 Å². The number of nitrogens with zero attached hydrogens (tertiary/aromatic N) is 5. The number of benzene rings is 1. The van der Waals surface area contributed by atoms with Gasteiger partial charge in [0.25, 0.3) is 0 Å². The summed E-state index contributed by atoms with van der Waals surface area (Å²) in [5.74, 6) is 0.244. The van der Waals surface area contributed by atoms with E-state index in [0.717, 1.165) is 0 Å². The Balaban J connectivity index is 0.00000280. The van der Waals surface area contributed by atoms with Crippen LogP contribution in [0.4, 0.5) is 5.69 Å². The van der Waals surface area contributed by atoms with Crippen LogP contribution >= 0.6 is 23.7 Å². The van der Waals surface area contributed by atoms with Crippen molar-refractivity contribution >= 4 is 46.6 Å². The summed E-state index contributed by atoms with van der Waals surface area (Å²) >= 11 is 1.39. The standard InChI is InChI=1S/C15H15N7O4S.ClH/c1-25-11-6-12(26-2)9(22(23)24)5-8(11)13-10(7-18-20-14(16)17)21-3-4-27-15(21)19-13;/h3-7H,1-2H3,(H4,16,17,20);1H/b18-7+;. The quantitative estimate of drug-likeness (QED) is 0.264. The molecule has 3 rings (SSSR count). The number of methoxy groups -OCH3 is 2. The second-order valence-corrected chi connectivity index (χ2v) is 6.03. The molecule has 148 valence electrons. The van der Waals surface area contributed by atoms with Crippen molar-refractivity contribution in [3.05, 3.63) is 39.5 Å². The zero-order valence-corrected chi connectivity index (χ0v) is 16.4. The Kier molecular flexibility index (Phi) is 6.38. The van der Waals surface area contributed by atoms with Gasteiger partial charge in [-0.2, -0.15) is 5.10 Å². The first-order valence-electron chi connectivity index (χ1n) is 7.44. The SMILES string of the molecule is COc1cc(OC)c([N+](=O)[O-])cc1-c1nc2sccn2c1/C=N/N=C(N)N.Cl. The summed E-state index contributed by atoms with van der Waals surface area (Å²) in [6, 6.07) is 2.79. The van der Waals surface area contributed by atoms with Gasteiger partial charge in [0, 0.05) is 23.7 Å². The number of imidazole rings is 1. The first kappa shape index (κ1) is 20.9. The fraction of sp³-hybridized carbons (Fsp3) is 0.133. The lowest BCUT2D eigenvalue weighted by Gasteiger charge is -2.10. The minimum Gasteiger partial charge on any atom is -0.496 e. The number of fused-ring (bicyclic) bond motifs is 1. The predicted octanol–water partition coefficient (Wildman–Crippen LogP) is 2.02. The average molecular weight is 426 g/mol. The highest BCUT2D eigenvalue weighted by atomic mass is 35.5. The molecule has 0 aliphatic carbocycles. The van der Waals surface area contributed by atoms with Crippen LogP contribution in [0.3, 0.4) is 0 Å². The van der Waals surface area contributed by atoms with Crippen LogP contribution in [0.1, 0.15) is 5.69 Å². The van der Waals surface area contributed by atoms with Gasteiger partial charge in [-0.05, 0) is 0 Å². The van der Waals surface area contributed by atoms with Crippen molar-refractivity contribution in [2.24, 2.45) is 21.7 Å². The van der Waals surface area contributed by atoms with E-state index in [1.165, 1.54) is 43.9 Å². The number of guanidine groups is 1. The molecule has 0 amide bonds. The van der Waals surface area contributed by atoms with E-state index in [-0.39, 0.29) is 29.8 Å². The molecule has 4 N–H and O–H groups in total. The highest BCUT2D eigenvalue weighted by Gasteiger charge is 2.24. The minimum absolute atomic E-state index is 0. The lowest BCUT2D eigenvalue weighted by Crippen LogP contribution is -2.21. The summed E-state index contributed by atoms with van der Waals surface area (Å²) in [4.78, 5) is 16.1. The van der Waals surface area contributed by atoms with E-state index < -0.39 is 4.92 Å². The second-order valence-electron chi connectivity index (χ2n) is 5.15. The Morgan fingerprint density at radius 2 is 2.04 bits per heavy atom. The van der Waals surface area contributed by atoms with E-state index in [9.17, 15) is 10.1 Å². The lowest BCUT2D eigenvalue weighted by atomic mass is 10.1. The monoisotopic (exact) mass is 425 g/mol. The third kappa shape index (κ3) is 3.82. The van der Waals surface area contributed by atoms with Crippen molar-refractivity contribution in [3.8, 4) is 22.8 Å². The highest BCUT2D eigenvalue weighted by molar-refractivity contribution is 7.15. The van der Waals surface area contributed by atoms with Crippen molar-refractivity contribution in [3.63, 3.8) is 0 Å². The molecule has 0 aliphatic rings. The van der Waals surface area contributed by atoms with Crippen LogP contribution in [0.15, 0.2) is 33.9 Å². The number of ether oxygens (including phenoxy) is 2. The zero-order chi connectivity index (χ0) is 19.6. The van der Waals surface area contributed by atoms with Crippen LogP contribution in [0.25, 0.3) is 16.2 Å². The van der Waals surface area contributed by atoms with Gasteiger partial charge >= 0.3 is 5.69 Å². The summed E-state index contributed by atoms with van der Waals surface area (Å²) in [6.07, 6.45) is 3.20.